The van der Waals surface area contributed by atoms with Crippen LogP contribution < -0.4 is 61.5 Å². The van der Waals surface area contributed by atoms with Crippen LogP contribution in [0.5, 0.6) is 11.5 Å². The van der Waals surface area contributed by atoms with Gasteiger partial charge in [0.1, 0.15) is 23.4 Å². The van der Waals surface area contributed by atoms with Crippen molar-refractivity contribution in [3.63, 3.8) is 0 Å². The Morgan fingerprint density at radius 3 is 1.53 bits per heavy atom. The van der Waals surface area contributed by atoms with Gasteiger partial charge in [-0.1, -0.05) is 71.7 Å². The van der Waals surface area contributed by atoms with E-state index in [-0.39, 0.29) is 137 Å². The minimum Gasteiger partial charge on any atom is -1.00 e. The number of carbonyl (C=O) groups is 1. The molecule has 4 aromatic heterocycles. The molecule has 8 aromatic rings. The summed E-state index contributed by atoms with van der Waals surface area (Å²) in [4.78, 5) is 74.6. The van der Waals surface area contributed by atoms with Crippen molar-refractivity contribution >= 4 is 59.7 Å². The summed E-state index contributed by atoms with van der Waals surface area (Å²) in [7, 11) is 3.79. The number of imidazole rings is 2. The fraction of sp³-hybridized carbons (Fsp3) is 0.286. The smallest absolute Gasteiger partial charge is 1.00 e. The zero-order valence-corrected chi connectivity index (χ0v) is 45.3. The molecule has 0 aliphatic heterocycles. The second-order valence-electron chi connectivity index (χ2n) is 16.4. The van der Waals surface area contributed by atoms with E-state index >= 15 is 0 Å². The standard InChI is InChI=1S/C24H22ClF3N4O5.C24H20ClF3N4O5.CH4O.B.Na.H/c2*1-30-20-18(22(35)31(23(30)36)10-3-11-33)32(13-14-6-8-16(25)9-7-14)21(29-20)19(34)15-4-2-5-17(12-15)37-24(26,27)28;1-2;;;/h2,4-9,12,19,33-34H,3,10-11,13H2,1H3;2,4-9,12,33H,3,10-11,13H2,1H3;2H,1H3;;;/q;;;;+1;-1. The number of aryl methyl sites for hydroxylation is 2. The third-order valence-corrected chi connectivity index (χ3v) is 11.8. The number of benzene rings is 4. The number of halogens is 8. The summed E-state index contributed by atoms with van der Waals surface area (Å²) in [5.41, 5.74) is -1.71. The summed E-state index contributed by atoms with van der Waals surface area (Å²) in [6.07, 6.45) is -11.2. The van der Waals surface area contributed by atoms with Crippen LogP contribution in [-0.4, -0.2) is 105 Å². The third kappa shape index (κ3) is 15.0. The maximum atomic E-state index is 13.5. The van der Waals surface area contributed by atoms with E-state index in [1.807, 2.05) is 0 Å². The zero-order valence-electron chi connectivity index (χ0n) is 42.8. The number of nitrogens with zero attached hydrogens (tertiary/aromatic N) is 8. The van der Waals surface area contributed by atoms with E-state index < -0.39 is 58.6 Å². The molecule has 0 bridgehead atoms. The first-order chi connectivity index (χ1) is 36.0. The maximum absolute atomic E-state index is 13.5. The van der Waals surface area contributed by atoms with Crippen LogP contribution in [-0.2, 0) is 40.3 Å². The SMILES string of the molecule is CO.Cn1c(=O)n(CCCO)c(=O)c2c1nc(C(=O)c1cccc(OC(F)(F)F)c1)n2Cc1ccc(Cl)cc1.Cn1c(=O)n(CCCO)c(=O)c2c1nc(C(O)c1cccc(OC(F)(F)F)c1)n2Cc1ccc(Cl)cc1.[B].[H-].[Na+]. The number of ether oxygens (including phenoxy) is 2. The van der Waals surface area contributed by atoms with Gasteiger partial charge in [0.15, 0.2) is 28.2 Å². The molecule has 0 spiro atoms. The predicted octanol–water partition coefficient (Wildman–Crippen LogP) is 2.42. The predicted molar refractivity (Wildman–Crippen MR) is 272 cm³/mol. The summed E-state index contributed by atoms with van der Waals surface area (Å²) in [6, 6.07) is 22.5. The Morgan fingerprint density at radius 1 is 0.641 bits per heavy atom. The van der Waals surface area contributed by atoms with Gasteiger partial charge >= 0.3 is 53.7 Å². The van der Waals surface area contributed by atoms with Crippen LogP contribution in [0.1, 0.15) is 59.1 Å². The molecule has 409 valence electrons. The Kier molecular flexibility index (Phi) is 22.5. The molecule has 1 atom stereocenters. The van der Waals surface area contributed by atoms with Crippen molar-refractivity contribution in [1.29, 1.82) is 0 Å². The Balaban J connectivity index is 0.000000388. The molecule has 0 saturated heterocycles. The molecule has 19 nitrogen and oxygen atoms in total. The first-order valence-electron chi connectivity index (χ1n) is 22.5. The summed E-state index contributed by atoms with van der Waals surface area (Å²) in [5.74, 6) is -2.26. The van der Waals surface area contributed by atoms with Crippen LogP contribution in [0.3, 0.4) is 0 Å². The van der Waals surface area contributed by atoms with E-state index in [9.17, 15) is 65.6 Å². The molecule has 78 heavy (non-hydrogen) atoms. The fourth-order valence-corrected chi connectivity index (χ4v) is 8.10. The Morgan fingerprint density at radius 2 is 1.06 bits per heavy atom. The van der Waals surface area contributed by atoms with Gasteiger partial charge in [-0.2, -0.15) is 0 Å². The van der Waals surface area contributed by atoms with Crippen molar-refractivity contribution in [3.8, 4) is 11.5 Å². The topological polar surface area (TPSA) is 240 Å². The molecule has 0 saturated carbocycles. The monoisotopic (exact) mass is 1140 g/mol. The van der Waals surface area contributed by atoms with Crippen molar-refractivity contribution in [1.82, 2.24) is 37.4 Å². The summed E-state index contributed by atoms with van der Waals surface area (Å²) >= 11 is 11.9. The van der Waals surface area contributed by atoms with Crippen LogP contribution in [0.4, 0.5) is 26.3 Å². The van der Waals surface area contributed by atoms with E-state index in [2.05, 4.69) is 19.4 Å². The zero-order chi connectivity index (χ0) is 55.8. The van der Waals surface area contributed by atoms with E-state index in [1.54, 1.807) is 48.5 Å². The molecule has 0 aliphatic rings. The summed E-state index contributed by atoms with van der Waals surface area (Å²) in [6.45, 7) is -0.591. The van der Waals surface area contributed by atoms with Crippen molar-refractivity contribution < 1.29 is 92.0 Å². The number of rotatable bonds is 16. The van der Waals surface area contributed by atoms with Crippen molar-refractivity contribution in [2.24, 2.45) is 14.1 Å². The molecule has 0 amide bonds. The van der Waals surface area contributed by atoms with Gasteiger partial charge < -0.3 is 40.5 Å². The minimum atomic E-state index is -4.96. The van der Waals surface area contributed by atoms with Gasteiger partial charge in [-0.3, -0.25) is 32.7 Å². The van der Waals surface area contributed by atoms with Gasteiger partial charge in [0, 0.05) is 78.1 Å². The molecular formula is C49H47BCl2F6N8NaO11. The van der Waals surface area contributed by atoms with Crippen LogP contribution in [0, 0.1) is 0 Å². The largest absolute Gasteiger partial charge is 1.00 e. The number of aliphatic hydroxyl groups excluding tert-OH is 4. The van der Waals surface area contributed by atoms with Crippen molar-refractivity contribution in [3.05, 3.63) is 183 Å². The van der Waals surface area contributed by atoms with Gasteiger partial charge in [-0.05, 0) is 78.1 Å². The third-order valence-electron chi connectivity index (χ3n) is 11.3. The number of fused-ring (bicyclic) bond motifs is 2. The second kappa shape index (κ2) is 27.4. The van der Waals surface area contributed by atoms with Crippen LogP contribution in [0.25, 0.3) is 22.3 Å². The van der Waals surface area contributed by atoms with Gasteiger partial charge in [0.2, 0.25) is 5.78 Å². The van der Waals surface area contributed by atoms with Gasteiger partial charge in [-0.25, -0.2) is 19.6 Å². The number of aromatic nitrogens is 8. The van der Waals surface area contributed by atoms with Crippen LogP contribution >= 0.6 is 23.2 Å². The number of carbonyl (C=O) groups excluding carboxylic acids is 1. The summed E-state index contributed by atoms with van der Waals surface area (Å²) in [5, 5.41) is 37.5. The molecule has 4 N–H and O–H groups in total. The molecule has 0 aliphatic carbocycles. The molecule has 3 radical (unpaired) electrons. The Hall–Kier alpha value is -6.49. The fourth-order valence-electron chi connectivity index (χ4n) is 7.85. The van der Waals surface area contributed by atoms with Crippen LogP contribution in [0.15, 0.2) is 116 Å². The molecule has 8 rings (SSSR count). The van der Waals surface area contributed by atoms with Gasteiger partial charge in [0.05, 0.1) is 6.54 Å². The number of aliphatic hydroxyl groups is 4. The van der Waals surface area contributed by atoms with Gasteiger partial charge in [-0.15, -0.1) is 26.3 Å². The second-order valence-corrected chi connectivity index (χ2v) is 17.2. The normalized spacial score (nSPS) is 11.7. The van der Waals surface area contributed by atoms with Crippen molar-refractivity contribution in [2.45, 2.75) is 57.8 Å². The molecule has 29 heteroatoms. The number of alkyl halides is 6. The number of hydrogen-bond acceptors (Lipinski definition) is 13. The average molecular weight is 1140 g/mol. The maximum Gasteiger partial charge on any atom is 1.00 e. The van der Waals surface area contributed by atoms with Crippen molar-refractivity contribution in [2.75, 3.05) is 20.3 Å². The van der Waals surface area contributed by atoms with Gasteiger partial charge in [0.25, 0.3) is 11.1 Å². The molecule has 4 aromatic carbocycles. The molecule has 4 heterocycles. The quantitative estimate of drug-likeness (QED) is 0.0619. The van der Waals surface area contributed by atoms with E-state index in [0.717, 1.165) is 49.6 Å². The summed E-state index contributed by atoms with van der Waals surface area (Å²) < 4.78 is 91.1. The molecule has 0 fully saturated rings. The Labute approximate surface area is 473 Å². The first kappa shape index (κ1) is 64.0. The van der Waals surface area contributed by atoms with E-state index in [1.165, 1.54) is 47.5 Å². The average Bonchev–Trinajstić information content (AvgIpc) is 3.96. The number of hydrogen-bond donors (Lipinski definition) is 4. The van der Waals surface area contributed by atoms with E-state index in [0.29, 0.717) is 21.2 Å². The minimum absolute atomic E-state index is 0. The first-order valence-corrected chi connectivity index (χ1v) is 23.2. The Bertz CT molecular complexity index is 3630. The molecular weight excluding hydrogens is 1100 g/mol. The van der Waals surface area contributed by atoms with Crippen LogP contribution in [0.2, 0.25) is 10.0 Å². The number of ketones is 1. The van der Waals surface area contributed by atoms with E-state index in [4.69, 9.17) is 28.3 Å². The molecule has 1 unspecified atom stereocenters.